The van der Waals surface area contributed by atoms with Crippen molar-refractivity contribution in [3.05, 3.63) is 36.0 Å². The Morgan fingerprint density at radius 1 is 1.22 bits per heavy atom. The fourth-order valence-corrected chi connectivity index (χ4v) is 3.09. The number of fused-ring (bicyclic) bond motifs is 1. The smallest absolute Gasteiger partial charge is 0.0918 e. The Hall–Kier alpha value is -1.32. The molecular weight excluding hydrogens is 224 g/mol. The van der Waals surface area contributed by atoms with Crippen LogP contribution in [-0.2, 0) is 5.60 Å². The van der Waals surface area contributed by atoms with Gasteiger partial charge in [0.05, 0.1) is 5.60 Å². The zero-order valence-electron chi connectivity index (χ0n) is 10.7. The quantitative estimate of drug-likeness (QED) is 0.759. The molecule has 1 fully saturated rings. The number of H-pyrrole nitrogens is 1. The molecular formula is C15H20N2O. The standard InChI is InChI=1S/C15H20N2O/c1-15(18,11-6-8-16-9-7-11)13-10-17-14-5-3-2-4-12(13)14/h2-5,10-11,16-18H,6-9H2,1H3. The molecule has 96 valence electrons. The summed E-state index contributed by atoms with van der Waals surface area (Å²) in [6.45, 7) is 3.96. The van der Waals surface area contributed by atoms with Crippen molar-refractivity contribution in [1.82, 2.24) is 10.3 Å². The normalized spacial score (nSPS) is 21.0. The van der Waals surface area contributed by atoms with Crippen LogP contribution >= 0.6 is 0 Å². The highest BCUT2D eigenvalue weighted by molar-refractivity contribution is 5.83. The summed E-state index contributed by atoms with van der Waals surface area (Å²) in [5, 5.41) is 15.4. The molecule has 0 amide bonds. The van der Waals surface area contributed by atoms with E-state index in [0.717, 1.165) is 42.4 Å². The van der Waals surface area contributed by atoms with Crippen LogP contribution in [0.1, 0.15) is 25.3 Å². The van der Waals surface area contributed by atoms with Gasteiger partial charge in [-0.15, -0.1) is 0 Å². The first-order valence-electron chi connectivity index (χ1n) is 6.69. The summed E-state index contributed by atoms with van der Waals surface area (Å²) < 4.78 is 0. The van der Waals surface area contributed by atoms with Crippen molar-refractivity contribution in [2.45, 2.75) is 25.4 Å². The van der Waals surface area contributed by atoms with Crippen LogP contribution in [-0.4, -0.2) is 23.2 Å². The molecule has 0 spiro atoms. The summed E-state index contributed by atoms with van der Waals surface area (Å²) in [6, 6.07) is 8.17. The van der Waals surface area contributed by atoms with Crippen molar-refractivity contribution in [1.29, 1.82) is 0 Å². The molecule has 0 radical (unpaired) electrons. The monoisotopic (exact) mass is 244 g/mol. The zero-order chi connectivity index (χ0) is 12.6. The Kier molecular flexibility index (Phi) is 2.88. The van der Waals surface area contributed by atoms with E-state index < -0.39 is 5.60 Å². The molecule has 1 saturated heterocycles. The average molecular weight is 244 g/mol. The van der Waals surface area contributed by atoms with Gasteiger partial charge in [0, 0.05) is 22.7 Å². The lowest BCUT2D eigenvalue weighted by Crippen LogP contribution is -2.39. The topological polar surface area (TPSA) is 48.0 Å². The van der Waals surface area contributed by atoms with Gasteiger partial charge in [-0.2, -0.15) is 0 Å². The number of aliphatic hydroxyl groups is 1. The van der Waals surface area contributed by atoms with E-state index in [-0.39, 0.29) is 0 Å². The van der Waals surface area contributed by atoms with Crippen LogP contribution in [0.5, 0.6) is 0 Å². The minimum absolute atomic E-state index is 0.331. The van der Waals surface area contributed by atoms with E-state index in [1.807, 2.05) is 25.3 Å². The highest BCUT2D eigenvalue weighted by atomic mass is 16.3. The molecule has 3 N–H and O–H groups in total. The zero-order valence-corrected chi connectivity index (χ0v) is 10.7. The van der Waals surface area contributed by atoms with Crippen molar-refractivity contribution in [3.8, 4) is 0 Å². The lowest BCUT2D eigenvalue weighted by atomic mass is 9.77. The molecule has 0 bridgehead atoms. The number of aromatic amines is 1. The minimum atomic E-state index is -0.748. The number of piperidine rings is 1. The summed E-state index contributed by atoms with van der Waals surface area (Å²) in [7, 11) is 0. The second kappa shape index (κ2) is 4.41. The summed E-state index contributed by atoms with van der Waals surface area (Å²) in [6.07, 6.45) is 4.03. The van der Waals surface area contributed by atoms with Gasteiger partial charge >= 0.3 is 0 Å². The van der Waals surface area contributed by atoms with E-state index in [2.05, 4.69) is 22.4 Å². The molecule has 3 nitrogen and oxygen atoms in total. The van der Waals surface area contributed by atoms with Crippen LogP contribution in [0.3, 0.4) is 0 Å². The van der Waals surface area contributed by atoms with Gasteiger partial charge in [0.15, 0.2) is 0 Å². The third kappa shape index (κ3) is 1.84. The first-order chi connectivity index (χ1) is 8.69. The van der Waals surface area contributed by atoms with Crippen LogP contribution in [0.25, 0.3) is 10.9 Å². The predicted octanol–water partition coefficient (Wildman–Crippen LogP) is 2.38. The van der Waals surface area contributed by atoms with Crippen molar-refractivity contribution in [2.75, 3.05) is 13.1 Å². The van der Waals surface area contributed by atoms with E-state index >= 15 is 0 Å². The summed E-state index contributed by atoms with van der Waals surface area (Å²) >= 11 is 0. The maximum absolute atomic E-state index is 10.9. The van der Waals surface area contributed by atoms with Gasteiger partial charge in [-0.3, -0.25) is 0 Å². The molecule has 1 aromatic heterocycles. The van der Waals surface area contributed by atoms with Gasteiger partial charge in [-0.05, 0) is 44.8 Å². The highest BCUT2D eigenvalue weighted by Crippen LogP contribution is 2.38. The molecule has 3 rings (SSSR count). The van der Waals surface area contributed by atoms with Crippen molar-refractivity contribution in [3.63, 3.8) is 0 Å². The predicted molar refractivity (Wildman–Crippen MR) is 73.5 cm³/mol. The molecule has 1 aliphatic rings. The molecule has 18 heavy (non-hydrogen) atoms. The second-order valence-electron chi connectivity index (χ2n) is 5.42. The van der Waals surface area contributed by atoms with Crippen LogP contribution in [0.2, 0.25) is 0 Å². The Balaban J connectivity index is 2.01. The number of para-hydroxylation sites is 1. The van der Waals surface area contributed by atoms with Gasteiger partial charge < -0.3 is 15.4 Å². The number of nitrogens with one attached hydrogen (secondary N) is 2. The Morgan fingerprint density at radius 2 is 1.94 bits per heavy atom. The number of aromatic nitrogens is 1. The maximum atomic E-state index is 10.9. The van der Waals surface area contributed by atoms with E-state index in [9.17, 15) is 5.11 Å². The Morgan fingerprint density at radius 3 is 2.72 bits per heavy atom. The summed E-state index contributed by atoms with van der Waals surface area (Å²) in [5.41, 5.74) is 1.38. The lowest BCUT2D eigenvalue weighted by molar-refractivity contribution is -0.0173. The van der Waals surface area contributed by atoms with E-state index in [1.165, 1.54) is 0 Å². The Labute approximate surface area is 107 Å². The second-order valence-corrected chi connectivity index (χ2v) is 5.42. The van der Waals surface area contributed by atoms with E-state index in [0.29, 0.717) is 5.92 Å². The molecule has 2 aromatic rings. The van der Waals surface area contributed by atoms with Crippen molar-refractivity contribution in [2.24, 2.45) is 5.92 Å². The number of hydrogen-bond acceptors (Lipinski definition) is 2. The SMILES string of the molecule is CC(O)(c1c[nH]c2ccccc12)C1CCNCC1. The third-order valence-electron chi connectivity index (χ3n) is 4.27. The summed E-state index contributed by atoms with van der Waals surface area (Å²) in [5.74, 6) is 0.331. The molecule has 1 aromatic carbocycles. The minimum Gasteiger partial charge on any atom is -0.385 e. The molecule has 2 heterocycles. The number of rotatable bonds is 2. The summed E-state index contributed by atoms with van der Waals surface area (Å²) in [4.78, 5) is 3.26. The van der Waals surface area contributed by atoms with Gasteiger partial charge in [0.1, 0.15) is 0 Å². The van der Waals surface area contributed by atoms with Crippen LogP contribution in [0.15, 0.2) is 30.5 Å². The molecule has 0 aliphatic carbocycles. The first-order valence-corrected chi connectivity index (χ1v) is 6.69. The van der Waals surface area contributed by atoms with E-state index in [1.54, 1.807) is 0 Å². The number of benzene rings is 1. The molecule has 1 aliphatic heterocycles. The number of hydrogen-bond donors (Lipinski definition) is 3. The van der Waals surface area contributed by atoms with Gasteiger partial charge in [0.2, 0.25) is 0 Å². The molecule has 1 unspecified atom stereocenters. The lowest BCUT2D eigenvalue weighted by Gasteiger charge is -2.35. The van der Waals surface area contributed by atoms with Crippen LogP contribution < -0.4 is 5.32 Å². The van der Waals surface area contributed by atoms with E-state index in [4.69, 9.17) is 0 Å². The van der Waals surface area contributed by atoms with Crippen LogP contribution in [0, 0.1) is 5.92 Å². The average Bonchev–Trinajstić information content (AvgIpc) is 2.84. The molecule has 3 heteroatoms. The molecule has 0 saturated carbocycles. The fraction of sp³-hybridized carbons (Fsp3) is 0.467. The third-order valence-corrected chi connectivity index (χ3v) is 4.27. The first kappa shape index (κ1) is 11.8. The van der Waals surface area contributed by atoms with Crippen molar-refractivity contribution >= 4 is 10.9 Å². The Bertz CT molecular complexity index is 538. The van der Waals surface area contributed by atoms with Gasteiger partial charge in [-0.25, -0.2) is 0 Å². The maximum Gasteiger partial charge on any atom is 0.0918 e. The fourth-order valence-electron chi connectivity index (χ4n) is 3.09. The van der Waals surface area contributed by atoms with Crippen LogP contribution in [0.4, 0.5) is 0 Å². The largest absolute Gasteiger partial charge is 0.385 e. The van der Waals surface area contributed by atoms with Gasteiger partial charge in [-0.1, -0.05) is 18.2 Å². The van der Waals surface area contributed by atoms with Gasteiger partial charge in [0.25, 0.3) is 0 Å². The van der Waals surface area contributed by atoms with Crippen molar-refractivity contribution < 1.29 is 5.11 Å². The highest BCUT2D eigenvalue weighted by Gasteiger charge is 2.36. The molecule has 1 atom stereocenters.